The Morgan fingerprint density at radius 1 is 0.889 bits per heavy atom. The highest BCUT2D eigenvalue weighted by molar-refractivity contribution is 7.92. The number of hydrogen-bond donors (Lipinski definition) is 2. The molecule has 0 aliphatic carbocycles. The standard InChI is InChI=1S/C19H14ClFN2O3S/c20-14-4-8-17(9-5-14)23-27(25,26)18-3-1-2-13(12-18)19(24)22-16-10-6-15(21)7-11-16/h1-12,23H,(H,22,24). The van der Waals surface area contributed by atoms with Crippen LogP contribution in [-0.2, 0) is 10.0 Å². The van der Waals surface area contributed by atoms with E-state index in [1.54, 1.807) is 12.1 Å². The fourth-order valence-corrected chi connectivity index (χ4v) is 3.50. The molecule has 3 rings (SSSR count). The van der Waals surface area contributed by atoms with Gasteiger partial charge in [-0.2, -0.15) is 0 Å². The van der Waals surface area contributed by atoms with Gasteiger partial charge in [0.1, 0.15) is 5.82 Å². The summed E-state index contributed by atoms with van der Waals surface area (Å²) in [7, 11) is -3.88. The third kappa shape index (κ3) is 4.84. The molecule has 2 N–H and O–H groups in total. The maximum atomic E-state index is 12.9. The summed E-state index contributed by atoms with van der Waals surface area (Å²) in [4.78, 5) is 12.3. The zero-order valence-electron chi connectivity index (χ0n) is 13.8. The van der Waals surface area contributed by atoms with Gasteiger partial charge in [-0.3, -0.25) is 9.52 Å². The van der Waals surface area contributed by atoms with E-state index in [9.17, 15) is 17.6 Å². The van der Waals surface area contributed by atoms with Gasteiger partial charge in [-0.1, -0.05) is 17.7 Å². The first-order valence-electron chi connectivity index (χ1n) is 7.79. The lowest BCUT2D eigenvalue weighted by Gasteiger charge is -2.10. The second kappa shape index (κ2) is 7.77. The number of benzene rings is 3. The van der Waals surface area contributed by atoms with E-state index in [0.29, 0.717) is 16.4 Å². The number of carbonyl (C=O) groups is 1. The molecule has 0 saturated heterocycles. The zero-order valence-corrected chi connectivity index (χ0v) is 15.4. The van der Waals surface area contributed by atoms with Gasteiger partial charge < -0.3 is 5.32 Å². The Hall–Kier alpha value is -2.90. The van der Waals surface area contributed by atoms with Gasteiger partial charge in [0.05, 0.1) is 4.90 Å². The summed E-state index contributed by atoms with van der Waals surface area (Å²) in [5.41, 5.74) is 0.896. The molecule has 0 unspecified atom stereocenters. The second-order valence-electron chi connectivity index (χ2n) is 5.60. The third-order valence-corrected chi connectivity index (χ3v) is 5.24. The molecule has 8 heteroatoms. The number of nitrogens with one attached hydrogen (secondary N) is 2. The van der Waals surface area contributed by atoms with Crippen LogP contribution >= 0.6 is 11.6 Å². The monoisotopic (exact) mass is 404 g/mol. The quantitative estimate of drug-likeness (QED) is 0.655. The van der Waals surface area contributed by atoms with Crippen LogP contribution in [0.15, 0.2) is 77.7 Å². The van der Waals surface area contributed by atoms with Crippen LogP contribution in [0.4, 0.5) is 15.8 Å². The topological polar surface area (TPSA) is 75.3 Å². The van der Waals surface area contributed by atoms with Crippen molar-refractivity contribution >= 4 is 38.9 Å². The highest BCUT2D eigenvalue weighted by Gasteiger charge is 2.16. The van der Waals surface area contributed by atoms with Gasteiger partial charge in [0.2, 0.25) is 0 Å². The highest BCUT2D eigenvalue weighted by Crippen LogP contribution is 2.20. The Kier molecular flexibility index (Phi) is 5.43. The molecule has 0 saturated carbocycles. The fraction of sp³-hybridized carbons (Fsp3) is 0. The zero-order chi connectivity index (χ0) is 19.4. The van der Waals surface area contributed by atoms with Gasteiger partial charge in [-0.15, -0.1) is 0 Å². The number of anilines is 2. The van der Waals surface area contributed by atoms with E-state index >= 15 is 0 Å². The summed E-state index contributed by atoms with van der Waals surface area (Å²) in [5, 5.41) is 3.07. The molecular weight excluding hydrogens is 391 g/mol. The van der Waals surface area contributed by atoms with E-state index < -0.39 is 21.7 Å². The SMILES string of the molecule is O=C(Nc1ccc(F)cc1)c1cccc(S(=O)(=O)Nc2ccc(Cl)cc2)c1. The molecule has 27 heavy (non-hydrogen) atoms. The highest BCUT2D eigenvalue weighted by atomic mass is 35.5. The molecule has 0 radical (unpaired) electrons. The van der Waals surface area contributed by atoms with Crippen molar-refractivity contribution in [3.05, 3.63) is 89.2 Å². The van der Waals surface area contributed by atoms with Crippen LogP contribution in [0.25, 0.3) is 0 Å². The number of halogens is 2. The molecule has 3 aromatic rings. The Bertz CT molecular complexity index is 1070. The van der Waals surface area contributed by atoms with Crippen molar-refractivity contribution in [1.82, 2.24) is 0 Å². The smallest absolute Gasteiger partial charge is 0.261 e. The summed E-state index contributed by atoms with van der Waals surface area (Å²) in [6.07, 6.45) is 0. The minimum absolute atomic E-state index is 0.0655. The maximum Gasteiger partial charge on any atom is 0.261 e. The van der Waals surface area contributed by atoms with Crippen LogP contribution < -0.4 is 10.0 Å². The van der Waals surface area contributed by atoms with E-state index in [1.165, 1.54) is 60.7 Å². The predicted molar refractivity (Wildman–Crippen MR) is 103 cm³/mol. The molecule has 0 heterocycles. The van der Waals surface area contributed by atoms with E-state index in [0.717, 1.165) is 0 Å². The number of rotatable bonds is 5. The summed E-state index contributed by atoms with van der Waals surface area (Å²) in [6, 6.07) is 17.0. The van der Waals surface area contributed by atoms with Gasteiger partial charge in [-0.05, 0) is 66.7 Å². The first-order chi connectivity index (χ1) is 12.8. The summed E-state index contributed by atoms with van der Waals surface area (Å²) in [6.45, 7) is 0. The van der Waals surface area contributed by atoms with Crippen LogP contribution in [0, 0.1) is 5.82 Å². The lowest BCUT2D eigenvalue weighted by Crippen LogP contribution is -2.16. The van der Waals surface area contributed by atoms with Gasteiger partial charge in [0, 0.05) is 22.0 Å². The van der Waals surface area contributed by atoms with E-state index in [-0.39, 0.29) is 10.5 Å². The van der Waals surface area contributed by atoms with Crippen molar-refractivity contribution in [1.29, 1.82) is 0 Å². The number of amides is 1. The molecule has 0 aliphatic heterocycles. The molecule has 5 nitrogen and oxygen atoms in total. The van der Waals surface area contributed by atoms with Crippen LogP contribution in [0.2, 0.25) is 5.02 Å². The van der Waals surface area contributed by atoms with E-state index in [4.69, 9.17) is 11.6 Å². The Morgan fingerprint density at radius 2 is 1.52 bits per heavy atom. The molecule has 138 valence electrons. The van der Waals surface area contributed by atoms with Crippen molar-refractivity contribution in [2.75, 3.05) is 10.0 Å². The number of carbonyl (C=O) groups excluding carboxylic acids is 1. The first-order valence-corrected chi connectivity index (χ1v) is 9.65. The van der Waals surface area contributed by atoms with Crippen molar-refractivity contribution < 1.29 is 17.6 Å². The summed E-state index contributed by atoms with van der Waals surface area (Å²) in [5.74, 6) is -0.931. The molecule has 1 amide bonds. The van der Waals surface area contributed by atoms with E-state index in [2.05, 4.69) is 10.0 Å². The van der Waals surface area contributed by atoms with Gasteiger partial charge in [-0.25, -0.2) is 12.8 Å². The van der Waals surface area contributed by atoms with Gasteiger partial charge >= 0.3 is 0 Å². The largest absolute Gasteiger partial charge is 0.322 e. The van der Waals surface area contributed by atoms with Crippen LogP contribution in [0.5, 0.6) is 0 Å². The van der Waals surface area contributed by atoms with Crippen LogP contribution in [0.1, 0.15) is 10.4 Å². The molecule has 0 aromatic heterocycles. The minimum atomic E-state index is -3.88. The average Bonchev–Trinajstić information content (AvgIpc) is 2.65. The van der Waals surface area contributed by atoms with Crippen LogP contribution in [0.3, 0.4) is 0 Å². The molecule has 0 aliphatic rings. The first kappa shape index (κ1) is 18.9. The normalized spacial score (nSPS) is 11.0. The predicted octanol–water partition coefficient (Wildman–Crippen LogP) is 4.53. The third-order valence-electron chi connectivity index (χ3n) is 3.61. The lowest BCUT2D eigenvalue weighted by atomic mass is 10.2. The number of hydrogen-bond acceptors (Lipinski definition) is 3. The summed E-state index contributed by atoms with van der Waals surface area (Å²) < 4.78 is 40.4. The van der Waals surface area contributed by atoms with Gasteiger partial charge in [0.25, 0.3) is 15.9 Å². The van der Waals surface area contributed by atoms with Crippen molar-refractivity contribution in [3.63, 3.8) is 0 Å². The minimum Gasteiger partial charge on any atom is -0.322 e. The Labute approximate surface area is 160 Å². The van der Waals surface area contributed by atoms with Crippen molar-refractivity contribution in [3.8, 4) is 0 Å². The molecule has 0 atom stereocenters. The van der Waals surface area contributed by atoms with Crippen molar-refractivity contribution in [2.24, 2.45) is 0 Å². The molecule has 0 spiro atoms. The maximum absolute atomic E-state index is 12.9. The Balaban J connectivity index is 1.80. The molecule has 0 fully saturated rings. The summed E-state index contributed by atoms with van der Waals surface area (Å²) >= 11 is 5.79. The average molecular weight is 405 g/mol. The van der Waals surface area contributed by atoms with E-state index in [1.807, 2.05) is 0 Å². The van der Waals surface area contributed by atoms with Crippen LogP contribution in [-0.4, -0.2) is 14.3 Å². The van der Waals surface area contributed by atoms with Gasteiger partial charge in [0.15, 0.2) is 0 Å². The molecule has 0 bridgehead atoms. The molecule has 3 aromatic carbocycles. The number of sulfonamides is 1. The fourth-order valence-electron chi connectivity index (χ4n) is 2.27. The Morgan fingerprint density at radius 3 is 2.19 bits per heavy atom. The van der Waals surface area contributed by atoms with Crippen molar-refractivity contribution in [2.45, 2.75) is 4.90 Å². The lowest BCUT2D eigenvalue weighted by molar-refractivity contribution is 0.102. The molecular formula is C19H14ClFN2O3S. The second-order valence-corrected chi connectivity index (χ2v) is 7.72.